The van der Waals surface area contributed by atoms with Crippen LogP contribution in [0.25, 0.3) is 11.1 Å². The Balaban J connectivity index is 2.45. The maximum Gasteiger partial charge on any atom is 0.238 e. The third-order valence-corrected chi connectivity index (χ3v) is 3.68. The van der Waals surface area contributed by atoms with Crippen molar-refractivity contribution in [2.45, 2.75) is 11.8 Å². The first-order valence-corrected chi connectivity index (χ1v) is 7.42. The Bertz CT molecular complexity index is 737. The smallest absolute Gasteiger partial charge is 0.238 e. The van der Waals surface area contributed by atoms with Crippen molar-refractivity contribution in [3.8, 4) is 11.1 Å². The highest BCUT2D eigenvalue weighted by Gasteiger charge is 2.14. The molecule has 3 N–H and O–H groups in total. The van der Waals surface area contributed by atoms with Crippen molar-refractivity contribution in [3.05, 3.63) is 48.5 Å². The minimum atomic E-state index is -3.78. The van der Waals surface area contributed by atoms with Crippen molar-refractivity contribution in [2.24, 2.45) is 5.14 Å². The normalized spacial score (nSPS) is 11.1. The zero-order valence-electron chi connectivity index (χ0n) is 10.8. The summed E-state index contributed by atoms with van der Waals surface area (Å²) in [5.41, 5.74) is 1.89. The Morgan fingerprint density at radius 1 is 1.05 bits per heavy atom. The number of nitrogens with two attached hydrogens (primary N) is 1. The summed E-state index contributed by atoms with van der Waals surface area (Å²) >= 11 is 0. The maximum absolute atomic E-state index is 11.6. The third-order valence-electron chi connectivity index (χ3n) is 2.71. The molecule has 0 saturated heterocycles. The van der Waals surface area contributed by atoms with Crippen LogP contribution in [0.4, 0.5) is 5.69 Å². The summed E-state index contributed by atoms with van der Waals surface area (Å²) in [5.74, 6) is -0.164. The van der Waals surface area contributed by atoms with Gasteiger partial charge in [0.15, 0.2) is 0 Å². The molecule has 0 bridgehead atoms. The van der Waals surface area contributed by atoms with Crippen molar-refractivity contribution in [1.29, 1.82) is 0 Å². The molecular weight excluding hydrogens is 276 g/mol. The van der Waals surface area contributed by atoms with Crippen molar-refractivity contribution < 1.29 is 13.2 Å². The van der Waals surface area contributed by atoms with Gasteiger partial charge >= 0.3 is 0 Å². The van der Waals surface area contributed by atoms with Crippen LogP contribution >= 0.6 is 0 Å². The molecule has 0 aliphatic carbocycles. The largest absolute Gasteiger partial charge is 0.326 e. The van der Waals surface area contributed by atoms with E-state index in [2.05, 4.69) is 5.32 Å². The van der Waals surface area contributed by atoms with Gasteiger partial charge in [0.05, 0.1) is 4.90 Å². The van der Waals surface area contributed by atoms with Crippen LogP contribution in [-0.4, -0.2) is 14.3 Å². The quantitative estimate of drug-likeness (QED) is 0.905. The summed E-state index contributed by atoms with van der Waals surface area (Å²) < 4.78 is 23.1. The molecule has 5 nitrogen and oxygen atoms in total. The van der Waals surface area contributed by atoms with Gasteiger partial charge in [-0.25, -0.2) is 13.6 Å². The molecule has 104 valence electrons. The van der Waals surface area contributed by atoms with Gasteiger partial charge in [-0.1, -0.05) is 30.3 Å². The molecule has 2 aromatic rings. The van der Waals surface area contributed by atoms with E-state index in [-0.39, 0.29) is 10.8 Å². The number of hydrogen-bond acceptors (Lipinski definition) is 3. The first kappa shape index (κ1) is 14.2. The molecular formula is C14H14N2O3S. The molecule has 6 heteroatoms. The number of sulfonamides is 1. The molecule has 2 rings (SSSR count). The van der Waals surface area contributed by atoms with Crippen molar-refractivity contribution in [2.75, 3.05) is 5.32 Å². The number of hydrogen-bond donors (Lipinski definition) is 2. The molecule has 2 aromatic carbocycles. The number of rotatable bonds is 3. The molecule has 0 aliphatic rings. The number of benzene rings is 2. The Kier molecular flexibility index (Phi) is 3.87. The third kappa shape index (κ3) is 3.23. The van der Waals surface area contributed by atoms with E-state index >= 15 is 0 Å². The van der Waals surface area contributed by atoms with Crippen molar-refractivity contribution >= 4 is 21.6 Å². The number of primary sulfonamides is 1. The summed E-state index contributed by atoms with van der Waals surface area (Å²) in [5, 5.41) is 7.85. The predicted octanol–water partition coefficient (Wildman–Crippen LogP) is 1.96. The summed E-state index contributed by atoms with van der Waals surface area (Å²) in [6.45, 7) is 1.42. The summed E-state index contributed by atoms with van der Waals surface area (Å²) in [6, 6.07) is 13.4. The molecule has 0 unspecified atom stereocenters. The number of amides is 1. The monoisotopic (exact) mass is 290 g/mol. The first-order chi connectivity index (χ1) is 9.38. The Labute approximate surface area is 117 Å². The SMILES string of the molecule is CC(=O)Nc1ccc(-c2ccccc2S(N)(=O)=O)cc1. The molecule has 0 aliphatic heterocycles. The van der Waals surface area contributed by atoms with E-state index < -0.39 is 10.0 Å². The molecule has 0 heterocycles. The van der Waals surface area contributed by atoms with Crippen LogP contribution in [0.5, 0.6) is 0 Å². The standard InChI is InChI=1S/C14H14N2O3S/c1-10(17)16-12-8-6-11(7-9-12)13-4-2-3-5-14(13)20(15,18)19/h2-9H,1H3,(H,16,17)(H2,15,18,19). The fourth-order valence-corrected chi connectivity index (χ4v) is 2.65. The molecule has 0 saturated carbocycles. The highest BCUT2D eigenvalue weighted by Crippen LogP contribution is 2.27. The highest BCUT2D eigenvalue weighted by molar-refractivity contribution is 7.89. The summed E-state index contributed by atoms with van der Waals surface area (Å²) in [7, 11) is -3.78. The Hall–Kier alpha value is -2.18. The lowest BCUT2D eigenvalue weighted by Crippen LogP contribution is -2.13. The second-order valence-corrected chi connectivity index (χ2v) is 5.83. The highest BCUT2D eigenvalue weighted by atomic mass is 32.2. The van der Waals surface area contributed by atoms with E-state index in [4.69, 9.17) is 5.14 Å². The Morgan fingerprint density at radius 3 is 2.20 bits per heavy atom. The van der Waals surface area contributed by atoms with Gasteiger partial charge in [-0.2, -0.15) is 0 Å². The van der Waals surface area contributed by atoms with Crippen molar-refractivity contribution in [3.63, 3.8) is 0 Å². The van der Waals surface area contributed by atoms with Gasteiger partial charge < -0.3 is 5.32 Å². The second kappa shape index (κ2) is 5.44. The van der Waals surface area contributed by atoms with Crippen LogP contribution < -0.4 is 10.5 Å². The van der Waals surface area contributed by atoms with Gasteiger partial charge in [0.2, 0.25) is 15.9 Å². The van der Waals surface area contributed by atoms with Crippen LogP contribution in [0.3, 0.4) is 0 Å². The van der Waals surface area contributed by atoms with Crippen molar-refractivity contribution in [1.82, 2.24) is 0 Å². The maximum atomic E-state index is 11.6. The van der Waals surface area contributed by atoms with Gasteiger partial charge in [0.1, 0.15) is 0 Å². The number of carbonyl (C=O) groups excluding carboxylic acids is 1. The minimum absolute atomic E-state index is 0.0762. The fraction of sp³-hybridized carbons (Fsp3) is 0.0714. The molecule has 0 radical (unpaired) electrons. The van der Waals surface area contributed by atoms with Gasteiger partial charge in [0, 0.05) is 18.2 Å². The number of carbonyl (C=O) groups is 1. The summed E-state index contributed by atoms with van der Waals surface area (Å²) in [4.78, 5) is 11.0. The minimum Gasteiger partial charge on any atom is -0.326 e. The predicted molar refractivity (Wildman–Crippen MR) is 77.6 cm³/mol. The molecule has 1 amide bonds. The fourth-order valence-electron chi connectivity index (χ4n) is 1.89. The zero-order chi connectivity index (χ0) is 14.8. The molecule has 0 atom stereocenters. The molecule has 20 heavy (non-hydrogen) atoms. The van der Waals surface area contributed by atoms with E-state index in [1.54, 1.807) is 42.5 Å². The lowest BCUT2D eigenvalue weighted by molar-refractivity contribution is -0.114. The average Bonchev–Trinajstić information content (AvgIpc) is 2.38. The molecule has 0 spiro atoms. The van der Waals surface area contributed by atoms with Crippen LogP contribution in [0, 0.1) is 0 Å². The average molecular weight is 290 g/mol. The number of anilines is 1. The van der Waals surface area contributed by atoms with Gasteiger partial charge in [-0.15, -0.1) is 0 Å². The summed E-state index contributed by atoms with van der Waals surface area (Å²) in [6.07, 6.45) is 0. The first-order valence-electron chi connectivity index (χ1n) is 5.88. The zero-order valence-corrected chi connectivity index (χ0v) is 11.6. The second-order valence-electron chi connectivity index (χ2n) is 4.30. The van der Waals surface area contributed by atoms with Gasteiger partial charge in [-0.05, 0) is 23.8 Å². The number of nitrogens with one attached hydrogen (secondary N) is 1. The van der Waals surface area contributed by atoms with E-state index in [1.165, 1.54) is 13.0 Å². The van der Waals surface area contributed by atoms with E-state index in [0.29, 0.717) is 16.8 Å². The van der Waals surface area contributed by atoms with Crippen LogP contribution in [0.2, 0.25) is 0 Å². The Morgan fingerprint density at radius 2 is 1.65 bits per heavy atom. The van der Waals surface area contributed by atoms with Crippen LogP contribution in [0.1, 0.15) is 6.92 Å². The van der Waals surface area contributed by atoms with E-state index in [0.717, 1.165) is 0 Å². The van der Waals surface area contributed by atoms with E-state index in [9.17, 15) is 13.2 Å². The molecule has 0 fully saturated rings. The lowest BCUT2D eigenvalue weighted by Gasteiger charge is -2.09. The van der Waals surface area contributed by atoms with Gasteiger partial charge in [0.25, 0.3) is 0 Å². The lowest BCUT2D eigenvalue weighted by atomic mass is 10.1. The van der Waals surface area contributed by atoms with Crippen LogP contribution in [0.15, 0.2) is 53.4 Å². The van der Waals surface area contributed by atoms with Gasteiger partial charge in [-0.3, -0.25) is 4.79 Å². The van der Waals surface area contributed by atoms with Crippen LogP contribution in [-0.2, 0) is 14.8 Å². The topological polar surface area (TPSA) is 89.3 Å². The molecule has 0 aromatic heterocycles. The van der Waals surface area contributed by atoms with E-state index in [1.807, 2.05) is 0 Å².